The summed E-state index contributed by atoms with van der Waals surface area (Å²) in [4.78, 5) is 18.7. The first-order valence-corrected chi connectivity index (χ1v) is 8.92. The van der Waals surface area contributed by atoms with Gasteiger partial charge in [0.1, 0.15) is 0 Å². The first kappa shape index (κ1) is 16.4. The number of anilines is 2. The van der Waals surface area contributed by atoms with E-state index in [0.717, 1.165) is 42.7 Å². The summed E-state index contributed by atoms with van der Waals surface area (Å²) in [6, 6.07) is 5.58. The zero-order chi connectivity index (χ0) is 16.1. The van der Waals surface area contributed by atoms with Crippen LogP contribution in [0.4, 0.5) is 11.4 Å². The lowest BCUT2D eigenvalue weighted by molar-refractivity contribution is -0.113. The Morgan fingerprint density at radius 1 is 1.43 bits per heavy atom. The van der Waals surface area contributed by atoms with Crippen molar-refractivity contribution in [2.24, 2.45) is 4.99 Å². The molecule has 6 nitrogen and oxygen atoms in total. The van der Waals surface area contributed by atoms with E-state index in [-0.39, 0.29) is 5.91 Å². The van der Waals surface area contributed by atoms with E-state index in [1.54, 1.807) is 6.07 Å². The molecule has 0 atom stereocenters. The number of nitrogens with zero attached hydrogens (tertiary/aromatic N) is 2. The number of ether oxygens (including phenoxy) is 1. The summed E-state index contributed by atoms with van der Waals surface area (Å²) in [5.74, 6) is 0.254. The summed E-state index contributed by atoms with van der Waals surface area (Å²) in [5.41, 5.74) is 1.72. The highest BCUT2D eigenvalue weighted by molar-refractivity contribution is 8.14. The van der Waals surface area contributed by atoms with E-state index in [9.17, 15) is 4.79 Å². The quantitative estimate of drug-likeness (QED) is 0.863. The maximum atomic E-state index is 12.2. The minimum absolute atomic E-state index is 0.0665. The summed E-state index contributed by atoms with van der Waals surface area (Å²) >= 11 is 7.51. The molecule has 1 aromatic rings. The third-order valence-corrected chi connectivity index (χ3v) is 4.76. The molecule has 0 aromatic heterocycles. The SMILES string of the molecule is O=C(CSC1=NCCN1)Nc1cc(Cl)ccc1N1CCOCC1. The Kier molecular flexibility index (Phi) is 5.64. The topological polar surface area (TPSA) is 66.0 Å². The fraction of sp³-hybridized carbons (Fsp3) is 0.467. The molecule has 8 heteroatoms. The number of rotatable bonds is 4. The van der Waals surface area contributed by atoms with Gasteiger partial charge in [-0.05, 0) is 18.2 Å². The summed E-state index contributed by atoms with van der Waals surface area (Å²) in [6.45, 7) is 4.62. The van der Waals surface area contributed by atoms with E-state index < -0.39 is 0 Å². The Morgan fingerprint density at radius 2 is 2.26 bits per heavy atom. The van der Waals surface area contributed by atoms with Crippen molar-refractivity contribution in [2.45, 2.75) is 0 Å². The lowest BCUT2D eigenvalue weighted by Gasteiger charge is -2.30. The average molecular weight is 355 g/mol. The summed E-state index contributed by atoms with van der Waals surface area (Å²) in [5, 5.41) is 7.54. The Hall–Kier alpha value is -1.44. The first-order valence-electron chi connectivity index (χ1n) is 7.55. The number of amidine groups is 1. The molecule has 1 aromatic carbocycles. The molecular weight excluding hydrogens is 336 g/mol. The van der Waals surface area contributed by atoms with Crippen molar-refractivity contribution in [3.63, 3.8) is 0 Å². The smallest absolute Gasteiger partial charge is 0.234 e. The third-order valence-electron chi connectivity index (χ3n) is 3.57. The largest absolute Gasteiger partial charge is 0.378 e. The van der Waals surface area contributed by atoms with Crippen LogP contribution in [0.2, 0.25) is 5.02 Å². The molecule has 3 rings (SSSR count). The predicted molar refractivity (Wildman–Crippen MR) is 95.9 cm³/mol. The second-order valence-electron chi connectivity index (χ2n) is 5.21. The van der Waals surface area contributed by atoms with Crippen LogP contribution >= 0.6 is 23.4 Å². The van der Waals surface area contributed by atoms with E-state index in [0.29, 0.717) is 24.0 Å². The molecule has 0 radical (unpaired) electrons. The maximum absolute atomic E-state index is 12.2. The van der Waals surface area contributed by atoms with Crippen LogP contribution in [-0.4, -0.2) is 56.2 Å². The fourth-order valence-electron chi connectivity index (χ4n) is 2.48. The highest BCUT2D eigenvalue weighted by Gasteiger charge is 2.17. The lowest BCUT2D eigenvalue weighted by Crippen LogP contribution is -2.36. The molecule has 1 fully saturated rings. The molecule has 0 spiro atoms. The second-order valence-corrected chi connectivity index (χ2v) is 6.61. The van der Waals surface area contributed by atoms with Crippen molar-refractivity contribution < 1.29 is 9.53 Å². The molecule has 2 N–H and O–H groups in total. The van der Waals surface area contributed by atoms with Crippen LogP contribution in [-0.2, 0) is 9.53 Å². The van der Waals surface area contributed by atoms with Crippen molar-refractivity contribution >= 4 is 45.8 Å². The predicted octanol–water partition coefficient (Wildman–Crippen LogP) is 1.81. The van der Waals surface area contributed by atoms with Gasteiger partial charge in [0.15, 0.2) is 5.17 Å². The number of hydrogen-bond donors (Lipinski definition) is 2. The van der Waals surface area contributed by atoms with Crippen LogP contribution in [0.15, 0.2) is 23.2 Å². The molecular formula is C15H19ClN4O2S. The monoisotopic (exact) mass is 354 g/mol. The number of nitrogens with one attached hydrogen (secondary N) is 2. The second kappa shape index (κ2) is 7.90. The number of amides is 1. The number of hydrogen-bond acceptors (Lipinski definition) is 6. The number of carbonyl (C=O) groups excluding carboxylic acids is 1. The minimum atomic E-state index is -0.0665. The molecule has 0 aliphatic carbocycles. The molecule has 124 valence electrons. The van der Waals surface area contributed by atoms with Crippen LogP contribution in [0.25, 0.3) is 0 Å². The van der Waals surface area contributed by atoms with E-state index in [2.05, 4.69) is 20.5 Å². The van der Waals surface area contributed by atoms with Crippen molar-refractivity contribution in [1.82, 2.24) is 5.32 Å². The van der Waals surface area contributed by atoms with Crippen LogP contribution in [0, 0.1) is 0 Å². The maximum Gasteiger partial charge on any atom is 0.234 e. The summed E-state index contributed by atoms with van der Waals surface area (Å²) < 4.78 is 5.38. The standard InChI is InChI=1S/C15H19ClN4O2S/c16-11-1-2-13(20-5-7-22-8-6-20)12(9-11)19-14(21)10-23-15-17-3-4-18-15/h1-2,9H,3-8,10H2,(H,17,18)(H,19,21). The van der Waals surface area contributed by atoms with Crippen LogP contribution in [0.1, 0.15) is 0 Å². The normalized spacial score (nSPS) is 17.6. The molecule has 2 aliphatic rings. The van der Waals surface area contributed by atoms with Crippen LogP contribution in [0.3, 0.4) is 0 Å². The Morgan fingerprint density at radius 3 is 3.00 bits per heavy atom. The molecule has 2 aliphatic heterocycles. The van der Waals surface area contributed by atoms with Crippen LogP contribution in [0.5, 0.6) is 0 Å². The molecule has 0 unspecified atom stereocenters. The number of halogens is 1. The van der Waals surface area contributed by atoms with Crippen molar-refractivity contribution in [1.29, 1.82) is 0 Å². The first-order chi connectivity index (χ1) is 11.2. The van der Waals surface area contributed by atoms with Gasteiger partial charge in [0.05, 0.1) is 36.9 Å². The van der Waals surface area contributed by atoms with E-state index >= 15 is 0 Å². The van der Waals surface area contributed by atoms with Gasteiger partial charge in [-0.25, -0.2) is 0 Å². The molecule has 2 heterocycles. The fourth-order valence-corrected chi connectivity index (χ4v) is 3.38. The van der Waals surface area contributed by atoms with Gasteiger partial charge in [-0.2, -0.15) is 0 Å². The van der Waals surface area contributed by atoms with E-state index in [1.165, 1.54) is 11.8 Å². The Balaban J connectivity index is 1.65. The highest BCUT2D eigenvalue weighted by atomic mass is 35.5. The van der Waals surface area contributed by atoms with E-state index in [4.69, 9.17) is 16.3 Å². The lowest BCUT2D eigenvalue weighted by atomic mass is 10.2. The van der Waals surface area contributed by atoms with Gasteiger partial charge in [-0.1, -0.05) is 23.4 Å². The number of benzene rings is 1. The average Bonchev–Trinajstić information content (AvgIpc) is 3.07. The van der Waals surface area contributed by atoms with Crippen molar-refractivity contribution in [2.75, 3.05) is 55.4 Å². The zero-order valence-electron chi connectivity index (χ0n) is 12.7. The van der Waals surface area contributed by atoms with Gasteiger partial charge in [-0.15, -0.1) is 0 Å². The van der Waals surface area contributed by atoms with Gasteiger partial charge in [-0.3, -0.25) is 9.79 Å². The molecule has 23 heavy (non-hydrogen) atoms. The van der Waals surface area contributed by atoms with Gasteiger partial charge in [0, 0.05) is 24.7 Å². The third kappa shape index (κ3) is 4.53. The van der Waals surface area contributed by atoms with Gasteiger partial charge < -0.3 is 20.3 Å². The summed E-state index contributed by atoms with van der Waals surface area (Å²) in [6.07, 6.45) is 0. The molecule has 1 amide bonds. The Bertz CT molecular complexity index is 605. The molecule has 0 saturated carbocycles. The Labute approximate surface area is 144 Å². The number of morpholine rings is 1. The van der Waals surface area contributed by atoms with Gasteiger partial charge in [0.2, 0.25) is 5.91 Å². The minimum Gasteiger partial charge on any atom is -0.378 e. The zero-order valence-corrected chi connectivity index (χ0v) is 14.3. The molecule has 0 bridgehead atoms. The van der Waals surface area contributed by atoms with Gasteiger partial charge >= 0.3 is 0 Å². The number of aliphatic imine (C=N–C) groups is 1. The molecule has 1 saturated heterocycles. The number of thioether (sulfide) groups is 1. The highest BCUT2D eigenvalue weighted by Crippen LogP contribution is 2.30. The summed E-state index contributed by atoms with van der Waals surface area (Å²) in [7, 11) is 0. The number of carbonyl (C=O) groups is 1. The van der Waals surface area contributed by atoms with Crippen molar-refractivity contribution in [3.8, 4) is 0 Å². The van der Waals surface area contributed by atoms with Crippen molar-refractivity contribution in [3.05, 3.63) is 23.2 Å². The van der Waals surface area contributed by atoms with E-state index in [1.807, 2.05) is 12.1 Å². The van der Waals surface area contributed by atoms with Crippen LogP contribution < -0.4 is 15.5 Å². The van der Waals surface area contributed by atoms with Gasteiger partial charge in [0.25, 0.3) is 0 Å².